The van der Waals surface area contributed by atoms with Gasteiger partial charge in [0.05, 0.1) is 41.4 Å². The minimum atomic E-state index is -0.717. The third-order valence-electron chi connectivity index (χ3n) is 6.10. The minimum absolute atomic E-state index is 0.0635. The summed E-state index contributed by atoms with van der Waals surface area (Å²) in [6.45, 7) is 5.18. The van der Waals surface area contributed by atoms with Gasteiger partial charge in [-0.3, -0.25) is 9.59 Å². The van der Waals surface area contributed by atoms with Gasteiger partial charge in [0, 0.05) is 13.1 Å². The highest BCUT2D eigenvalue weighted by Crippen LogP contribution is 2.40. The van der Waals surface area contributed by atoms with Gasteiger partial charge in [-0.1, -0.05) is 30.3 Å². The minimum Gasteiger partial charge on any atom is -0.507 e. The van der Waals surface area contributed by atoms with Crippen molar-refractivity contribution in [3.8, 4) is 11.4 Å². The molecule has 35 heavy (non-hydrogen) atoms. The zero-order valence-corrected chi connectivity index (χ0v) is 20.4. The van der Waals surface area contributed by atoms with Crippen molar-refractivity contribution in [3.63, 3.8) is 0 Å². The number of carbonyl (C=O) groups is 2. The summed E-state index contributed by atoms with van der Waals surface area (Å²) < 4.78 is 7.25. The van der Waals surface area contributed by atoms with Crippen molar-refractivity contribution in [2.45, 2.75) is 19.9 Å². The second-order valence-corrected chi connectivity index (χ2v) is 8.69. The molecule has 0 aliphatic carbocycles. The van der Waals surface area contributed by atoms with Crippen molar-refractivity contribution in [2.24, 2.45) is 0 Å². The molecule has 1 fully saturated rings. The normalized spacial score (nSPS) is 17.4. The van der Waals surface area contributed by atoms with Crippen molar-refractivity contribution in [3.05, 3.63) is 83.2 Å². The van der Waals surface area contributed by atoms with Gasteiger partial charge in [-0.15, -0.1) is 0 Å². The number of Topliss-reactive ketones (excluding diaryl/α,β-unsaturated/α-hetero) is 1. The second-order valence-electron chi connectivity index (χ2n) is 8.69. The lowest BCUT2D eigenvalue weighted by Gasteiger charge is -2.26. The first kappa shape index (κ1) is 24.2. The average Bonchev–Trinajstić information content (AvgIpc) is 3.36. The smallest absolute Gasteiger partial charge is 0.295 e. The Bertz CT molecular complexity index is 1250. The van der Waals surface area contributed by atoms with Crippen molar-refractivity contribution < 1.29 is 19.4 Å². The summed E-state index contributed by atoms with van der Waals surface area (Å²) in [6, 6.07) is 16.1. The molecule has 0 spiro atoms. The number of carbonyl (C=O) groups excluding carboxylic acids is 2. The van der Waals surface area contributed by atoms with Gasteiger partial charge in [-0.2, -0.15) is 5.10 Å². The summed E-state index contributed by atoms with van der Waals surface area (Å²) in [5.41, 5.74) is 2.70. The van der Waals surface area contributed by atoms with E-state index >= 15 is 0 Å². The highest BCUT2D eigenvalue weighted by molar-refractivity contribution is 6.46. The van der Waals surface area contributed by atoms with Gasteiger partial charge >= 0.3 is 0 Å². The molecule has 1 amide bonds. The number of rotatable bonds is 8. The van der Waals surface area contributed by atoms with Gasteiger partial charge in [-0.05, 0) is 57.8 Å². The maximum atomic E-state index is 13.2. The zero-order valence-electron chi connectivity index (χ0n) is 20.4. The Morgan fingerprint density at radius 2 is 1.77 bits per heavy atom. The number of benzene rings is 2. The lowest BCUT2D eigenvalue weighted by Crippen LogP contribution is -2.35. The summed E-state index contributed by atoms with van der Waals surface area (Å²) in [5, 5.41) is 15.8. The van der Waals surface area contributed by atoms with E-state index in [1.807, 2.05) is 87.4 Å². The summed E-state index contributed by atoms with van der Waals surface area (Å²) in [7, 11) is 3.81. The first-order chi connectivity index (χ1) is 16.8. The lowest BCUT2D eigenvalue weighted by atomic mass is 9.95. The summed E-state index contributed by atoms with van der Waals surface area (Å²) >= 11 is 0. The van der Waals surface area contributed by atoms with Crippen LogP contribution in [0.2, 0.25) is 0 Å². The van der Waals surface area contributed by atoms with Gasteiger partial charge in [0.25, 0.3) is 11.7 Å². The molecular formula is C27H30N4O4. The molecule has 8 heteroatoms. The fourth-order valence-electron chi connectivity index (χ4n) is 4.29. The fraction of sp³-hybridized carbons (Fsp3) is 0.296. The molecule has 3 aromatic rings. The van der Waals surface area contributed by atoms with Crippen LogP contribution in [-0.4, -0.2) is 70.2 Å². The standard InChI is InChI=1S/C27H30N4O4/c1-5-35-21-13-11-19(12-14-21)24-23(26(33)27(34)30(24)16-15-29(3)4)25(32)22-17-28-31(18(22)2)20-9-7-6-8-10-20/h6-14,17,24,32H,5,15-16H2,1-4H3/b25-23+/t24-/m1/s1. The molecule has 4 rings (SSSR count). The van der Waals surface area contributed by atoms with E-state index in [9.17, 15) is 14.7 Å². The molecule has 1 aliphatic heterocycles. The number of hydrogen-bond acceptors (Lipinski definition) is 6. The Balaban J connectivity index is 1.82. The van der Waals surface area contributed by atoms with Crippen LogP contribution >= 0.6 is 0 Å². The van der Waals surface area contributed by atoms with Crippen LogP contribution in [0.3, 0.4) is 0 Å². The molecule has 1 aromatic heterocycles. The first-order valence-electron chi connectivity index (χ1n) is 11.6. The number of hydrogen-bond donors (Lipinski definition) is 1. The number of aromatic nitrogens is 2. The molecule has 2 aromatic carbocycles. The number of ether oxygens (including phenoxy) is 1. The van der Waals surface area contributed by atoms with Gasteiger partial charge in [0.15, 0.2) is 0 Å². The number of para-hydroxylation sites is 1. The molecule has 0 radical (unpaired) electrons. The van der Waals surface area contributed by atoms with Crippen LogP contribution in [0.1, 0.15) is 29.8 Å². The molecule has 182 valence electrons. The number of amides is 1. The number of likely N-dealkylation sites (N-methyl/N-ethyl adjacent to an activating group) is 1. The maximum Gasteiger partial charge on any atom is 0.295 e. The van der Waals surface area contributed by atoms with Crippen LogP contribution in [-0.2, 0) is 9.59 Å². The van der Waals surface area contributed by atoms with Crippen LogP contribution in [0.15, 0.2) is 66.4 Å². The van der Waals surface area contributed by atoms with E-state index in [1.54, 1.807) is 4.68 Å². The highest BCUT2D eigenvalue weighted by atomic mass is 16.5. The quantitative estimate of drug-likeness (QED) is 0.305. The SMILES string of the molecule is CCOc1ccc([C@@H]2/C(=C(\O)c3cnn(-c4ccccc4)c3C)C(=O)C(=O)N2CCN(C)C)cc1. The van der Waals surface area contributed by atoms with Crippen molar-refractivity contribution >= 4 is 17.4 Å². The predicted molar refractivity (Wildman–Crippen MR) is 133 cm³/mol. The predicted octanol–water partition coefficient (Wildman–Crippen LogP) is 3.56. The Hall–Kier alpha value is -3.91. The topological polar surface area (TPSA) is 87.9 Å². The van der Waals surface area contributed by atoms with Gasteiger partial charge in [-0.25, -0.2) is 4.68 Å². The summed E-state index contributed by atoms with van der Waals surface area (Å²) in [4.78, 5) is 29.8. The summed E-state index contributed by atoms with van der Waals surface area (Å²) in [5.74, 6) is -0.858. The Morgan fingerprint density at radius 3 is 2.40 bits per heavy atom. The van der Waals surface area contributed by atoms with Crippen LogP contribution < -0.4 is 4.74 Å². The van der Waals surface area contributed by atoms with Gasteiger partial charge < -0.3 is 19.6 Å². The van der Waals surface area contributed by atoms with E-state index in [0.717, 1.165) is 11.3 Å². The van der Waals surface area contributed by atoms with Gasteiger partial charge in [0.1, 0.15) is 11.5 Å². The molecule has 8 nitrogen and oxygen atoms in total. The fourth-order valence-corrected chi connectivity index (χ4v) is 4.29. The van der Waals surface area contributed by atoms with Crippen LogP contribution in [0.25, 0.3) is 11.4 Å². The monoisotopic (exact) mass is 474 g/mol. The number of aliphatic hydroxyl groups is 1. The van der Waals surface area contributed by atoms with Crippen molar-refractivity contribution in [2.75, 3.05) is 33.8 Å². The molecule has 0 bridgehead atoms. The number of likely N-dealkylation sites (tertiary alicyclic amines) is 1. The second kappa shape index (κ2) is 10.1. The van der Waals surface area contributed by atoms with Crippen molar-refractivity contribution in [1.82, 2.24) is 19.6 Å². The van der Waals surface area contributed by atoms with E-state index in [1.165, 1.54) is 11.1 Å². The Labute approximate surface area is 205 Å². The van der Waals surface area contributed by atoms with E-state index in [2.05, 4.69) is 5.10 Å². The van der Waals surface area contributed by atoms with Crippen molar-refractivity contribution in [1.29, 1.82) is 0 Å². The lowest BCUT2D eigenvalue weighted by molar-refractivity contribution is -0.140. The number of nitrogens with zero attached hydrogens (tertiary/aromatic N) is 4. The third-order valence-corrected chi connectivity index (χ3v) is 6.10. The molecular weight excluding hydrogens is 444 g/mol. The molecule has 1 atom stereocenters. The summed E-state index contributed by atoms with van der Waals surface area (Å²) in [6.07, 6.45) is 1.53. The number of ketones is 1. The van der Waals surface area contributed by atoms with Crippen LogP contribution in [0.5, 0.6) is 5.75 Å². The van der Waals surface area contributed by atoms with Crippen LogP contribution in [0, 0.1) is 6.92 Å². The molecule has 0 unspecified atom stereocenters. The molecule has 1 saturated heterocycles. The average molecular weight is 475 g/mol. The van der Waals surface area contributed by atoms with E-state index < -0.39 is 17.7 Å². The third kappa shape index (κ3) is 4.70. The largest absolute Gasteiger partial charge is 0.507 e. The Kier molecular flexibility index (Phi) is 7.02. The van der Waals surface area contributed by atoms with E-state index in [4.69, 9.17) is 4.74 Å². The first-order valence-corrected chi connectivity index (χ1v) is 11.6. The molecule has 0 saturated carbocycles. The van der Waals surface area contributed by atoms with E-state index in [-0.39, 0.29) is 11.3 Å². The molecule has 1 aliphatic rings. The van der Waals surface area contributed by atoms with E-state index in [0.29, 0.717) is 36.7 Å². The number of aliphatic hydroxyl groups excluding tert-OH is 1. The zero-order chi connectivity index (χ0) is 25.1. The highest BCUT2D eigenvalue weighted by Gasteiger charge is 2.46. The molecule has 1 N–H and O–H groups in total. The maximum absolute atomic E-state index is 13.2. The Morgan fingerprint density at radius 1 is 1.09 bits per heavy atom. The molecule has 2 heterocycles. The van der Waals surface area contributed by atoms with Crippen LogP contribution in [0.4, 0.5) is 0 Å². The van der Waals surface area contributed by atoms with Gasteiger partial charge in [0.2, 0.25) is 0 Å².